The number of nitrogens with one attached hydrogen (secondary N) is 1. The van der Waals surface area contributed by atoms with Crippen LogP contribution in [0.3, 0.4) is 0 Å². The second-order valence-electron chi connectivity index (χ2n) is 5.01. The first-order valence-electron chi connectivity index (χ1n) is 7.43. The maximum absolute atomic E-state index is 13.0. The highest BCUT2D eigenvalue weighted by atomic mass is 19.1. The lowest BCUT2D eigenvalue weighted by atomic mass is 9.96. The van der Waals surface area contributed by atoms with E-state index in [1.165, 1.54) is 12.1 Å². The number of rotatable bonds is 8. The topological polar surface area (TPSA) is 21.3 Å². The largest absolute Gasteiger partial charge is 0.494 e. The van der Waals surface area contributed by atoms with Crippen molar-refractivity contribution in [3.05, 3.63) is 66.0 Å². The number of halogens is 1. The summed E-state index contributed by atoms with van der Waals surface area (Å²) < 4.78 is 18.8. The number of para-hydroxylation sites is 1. The molecule has 0 spiro atoms. The van der Waals surface area contributed by atoms with Gasteiger partial charge in [-0.2, -0.15) is 0 Å². The highest BCUT2D eigenvalue weighted by Gasteiger charge is 2.11. The fourth-order valence-corrected chi connectivity index (χ4v) is 2.28. The van der Waals surface area contributed by atoms with E-state index in [1.807, 2.05) is 42.5 Å². The summed E-state index contributed by atoms with van der Waals surface area (Å²) in [6, 6.07) is 16.6. The predicted octanol–water partition coefficient (Wildman–Crippen LogP) is 3.99. The van der Waals surface area contributed by atoms with Gasteiger partial charge in [-0.25, -0.2) is 4.39 Å². The lowest BCUT2D eigenvalue weighted by Gasteiger charge is -2.18. The molecule has 0 aliphatic rings. The molecule has 0 heterocycles. The zero-order valence-electron chi connectivity index (χ0n) is 12.4. The van der Waals surface area contributed by atoms with Crippen molar-refractivity contribution in [2.45, 2.75) is 19.3 Å². The minimum atomic E-state index is -0.193. The molecule has 1 N–H and O–H groups in total. The highest BCUT2D eigenvalue weighted by Crippen LogP contribution is 2.20. The molecule has 2 rings (SSSR count). The monoisotopic (exact) mass is 287 g/mol. The Bertz CT molecular complexity index is 513. The molecular weight excluding hydrogens is 265 g/mol. The van der Waals surface area contributed by atoms with Crippen molar-refractivity contribution >= 4 is 0 Å². The van der Waals surface area contributed by atoms with Crippen molar-refractivity contribution in [1.29, 1.82) is 0 Å². The first-order chi connectivity index (χ1) is 10.3. The van der Waals surface area contributed by atoms with Crippen molar-refractivity contribution < 1.29 is 9.13 Å². The molecule has 3 heteroatoms. The molecule has 0 aliphatic carbocycles. The summed E-state index contributed by atoms with van der Waals surface area (Å²) in [7, 11) is 0. The Morgan fingerprint density at radius 2 is 1.76 bits per heavy atom. The molecule has 1 unspecified atom stereocenters. The highest BCUT2D eigenvalue weighted by molar-refractivity contribution is 5.22. The van der Waals surface area contributed by atoms with Crippen LogP contribution in [0.25, 0.3) is 0 Å². The minimum absolute atomic E-state index is 0.193. The van der Waals surface area contributed by atoms with Crippen molar-refractivity contribution in [3.8, 4) is 5.75 Å². The van der Waals surface area contributed by atoms with Crippen LogP contribution in [0.2, 0.25) is 0 Å². The summed E-state index contributed by atoms with van der Waals surface area (Å²) >= 11 is 0. The van der Waals surface area contributed by atoms with Crippen molar-refractivity contribution in [2.24, 2.45) is 0 Å². The fourth-order valence-electron chi connectivity index (χ4n) is 2.28. The Balaban J connectivity index is 1.91. The molecule has 0 fully saturated rings. The maximum atomic E-state index is 13.0. The van der Waals surface area contributed by atoms with E-state index in [9.17, 15) is 4.39 Å². The van der Waals surface area contributed by atoms with Gasteiger partial charge in [0.15, 0.2) is 0 Å². The first kappa shape index (κ1) is 15.5. The normalized spacial score (nSPS) is 12.1. The van der Waals surface area contributed by atoms with E-state index in [0.29, 0.717) is 12.5 Å². The molecule has 2 nitrogen and oxygen atoms in total. The summed E-state index contributed by atoms with van der Waals surface area (Å²) in [5, 5.41) is 3.36. The SMILES string of the molecule is CCNCC(CCOc1ccccc1)c1ccc(F)cc1. The second-order valence-corrected chi connectivity index (χ2v) is 5.01. The van der Waals surface area contributed by atoms with Crippen LogP contribution in [0.15, 0.2) is 54.6 Å². The van der Waals surface area contributed by atoms with Crippen LogP contribution in [0.1, 0.15) is 24.8 Å². The molecule has 0 radical (unpaired) electrons. The van der Waals surface area contributed by atoms with Gasteiger partial charge in [-0.1, -0.05) is 37.3 Å². The third-order valence-corrected chi connectivity index (χ3v) is 3.46. The molecule has 112 valence electrons. The van der Waals surface area contributed by atoms with Crippen LogP contribution in [-0.4, -0.2) is 19.7 Å². The van der Waals surface area contributed by atoms with Crippen molar-refractivity contribution in [1.82, 2.24) is 5.32 Å². The van der Waals surface area contributed by atoms with Gasteiger partial charge in [-0.05, 0) is 48.7 Å². The van der Waals surface area contributed by atoms with Gasteiger partial charge in [-0.3, -0.25) is 0 Å². The number of benzene rings is 2. The Morgan fingerprint density at radius 3 is 2.43 bits per heavy atom. The van der Waals surface area contributed by atoms with E-state index in [-0.39, 0.29) is 5.82 Å². The Kier molecular flexibility index (Phi) is 6.22. The Morgan fingerprint density at radius 1 is 1.05 bits per heavy atom. The number of hydrogen-bond acceptors (Lipinski definition) is 2. The van der Waals surface area contributed by atoms with Crippen LogP contribution in [-0.2, 0) is 0 Å². The van der Waals surface area contributed by atoms with E-state index in [4.69, 9.17) is 4.74 Å². The molecule has 1 atom stereocenters. The quantitative estimate of drug-likeness (QED) is 0.792. The van der Waals surface area contributed by atoms with Crippen LogP contribution in [0, 0.1) is 5.82 Å². The molecule has 0 aromatic heterocycles. The number of ether oxygens (including phenoxy) is 1. The minimum Gasteiger partial charge on any atom is -0.494 e. The average molecular weight is 287 g/mol. The van der Waals surface area contributed by atoms with E-state index < -0.39 is 0 Å². The van der Waals surface area contributed by atoms with E-state index in [0.717, 1.165) is 30.8 Å². The molecule has 0 bridgehead atoms. The third-order valence-electron chi connectivity index (χ3n) is 3.46. The van der Waals surface area contributed by atoms with E-state index in [1.54, 1.807) is 0 Å². The number of hydrogen-bond donors (Lipinski definition) is 1. The third kappa shape index (κ3) is 5.20. The predicted molar refractivity (Wildman–Crippen MR) is 84.2 cm³/mol. The molecule has 0 aliphatic heterocycles. The van der Waals surface area contributed by atoms with E-state index in [2.05, 4.69) is 12.2 Å². The number of likely N-dealkylation sites (N-methyl/N-ethyl adjacent to an activating group) is 1. The van der Waals surface area contributed by atoms with Gasteiger partial charge < -0.3 is 10.1 Å². The molecule has 2 aromatic carbocycles. The van der Waals surface area contributed by atoms with Crippen LogP contribution < -0.4 is 10.1 Å². The lowest BCUT2D eigenvalue weighted by molar-refractivity contribution is 0.295. The summed E-state index contributed by atoms with van der Waals surface area (Å²) in [6.07, 6.45) is 0.896. The molecule has 0 amide bonds. The van der Waals surface area contributed by atoms with Gasteiger partial charge in [0, 0.05) is 6.54 Å². The van der Waals surface area contributed by atoms with Gasteiger partial charge >= 0.3 is 0 Å². The van der Waals surface area contributed by atoms with Gasteiger partial charge in [0.25, 0.3) is 0 Å². The fraction of sp³-hybridized carbons (Fsp3) is 0.333. The summed E-state index contributed by atoms with van der Waals surface area (Å²) in [4.78, 5) is 0. The Hall–Kier alpha value is -1.87. The maximum Gasteiger partial charge on any atom is 0.123 e. The zero-order valence-corrected chi connectivity index (χ0v) is 12.4. The molecule has 0 saturated heterocycles. The second kappa shape index (κ2) is 8.42. The summed E-state index contributed by atoms with van der Waals surface area (Å²) in [6.45, 7) is 4.54. The molecular formula is C18H22FNO. The summed E-state index contributed by atoms with van der Waals surface area (Å²) in [5.74, 6) is 1.02. The van der Waals surface area contributed by atoms with Crippen LogP contribution in [0.5, 0.6) is 5.75 Å². The molecule has 2 aromatic rings. The Labute approximate surface area is 126 Å². The average Bonchev–Trinajstić information content (AvgIpc) is 2.53. The van der Waals surface area contributed by atoms with Gasteiger partial charge in [-0.15, -0.1) is 0 Å². The molecule has 21 heavy (non-hydrogen) atoms. The first-order valence-corrected chi connectivity index (χ1v) is 7.43. The van der Waals surface area contributed by atoms with Crippen LogP contribution >= 0.6 is 0 Å². The zero-order chi connectivity index (χ0) is 14.9. The summed E-state index contributed by atoms with van der Waals surface area (Å²) in [5.41, 5.74) is 1.15. The van der Waals surface area contributed by atoms with Crippen molar-refractivity contribution in [3.63, 3.8) is 0 Å². The van der Waals surface area contributed by atoms with Gasteiger partial charge in [0.05, 0.1) is 6.61 Å². The van der Waals surface area contributed by atoms with Crippen molar-refractivity contribution in [2.75, 3.05) is 19.7 Å². The van der Waals surface area contributed by atoms with Gasteiger partial charge in [0.2, 0.25) is 0 Å². The van der Waals surface area contributed by atoms with Crippen LogP contribution in [0.4, 0.5) is 4.39 Å². The van der Waals surface area contributed by atoms with Gasteiger partial charge in [0.1, 0.15) is 11.6 Å². The standard InChI is InChI=1S/C18H22FNO/c1-2-20-14-16(15-8-10-17(19)11-9-15)12-13-21-18-6-4-3-5-7-18/h3-11,16,20H,2,12-14H2,1H3. The smallest absolute Gasteiger partial charge is 0.123 e. The molecule has 0 saturated carbocycles. The van der Waals surface area contributed by atoms with E-state index >= 15 is 0 Å². The lowest BCUT2D eigenvalue weighted by Crippen LogP contribution is -2.22.